The molecule has 0 unspecified atom stereocenters. The van der Waals surface area contributed by atoms with Crippen LogP contribution >= 0.6 is 0 Å². The molecule has 0 saturated heterocycles. The number of hydrogen-bond donors (Lipinski definition) is 2. The number of amides is 3. The summed E-state index contributed by atoms with van der Waals surface area (Å²) < 4.78 is 10.8. The third kappa shape index (κ3) is 7.17. The second kappa shape index (κ2) is 12.3. The summed E-state index contributed by atoms with van der Waals surface area (Å²) in [7, 11) is 1.71. The maximum Gasteiger partial charge on any atom is 0.321 e. The highest BCUT2D eigenvalue weighted by Gasteiger charge is 2.14. The van der Waals surface area contributed by atoms with E-state index in [-0.39, 0.29) is 11.9 Å². The van der Waals surface area contributed by atoms with E-state index in [9.17, 15) is 9.59 Å². The van der Waals surface area contributed by atoms with Gasteiger partial charge in [-0.1, -0.05) is 35.5 Å². The average molecular weight is 500 g/mol. The number of urea groups is 1. The summed E-state index contributed by atoms with van der Waals surface area (Å²) in [6.07, 6.45) is 0.439. The second-order valence-corrected chi connectivity index (χ2v) is 8.32. The molecule has 0 aliphatic heterocycles. The van der Waals surface area contributed by atoms with Crippen LogP contribution in [0.25, 0.3) is 11.5 Å². The summed E-state index contributed by atoms with van der Waals surface area (Å²) in [6.45, 7) is 3.39. The molecule has 1 heterocycles. The van der Waals surface area contributed by atoms with E-state index in [1.54, 1.807) is 36.2 Å². The Bertz CT molecular complexity index is 1300. The Labute approximate surface area is 215 Å². The van der Waals surface area contributed by atoms with Crippen LogP contribution in [0.3, 0.4) is 0 Å². The molecule has 3 amide bonds. The van der Waals surface area contributed by atoms with Gasteiger partial charge in [-0.05, 0) is 61.0 Å². The van der Waals surface area contributed by atoms with Crippen LogP contribution in [0.2, 0.25) is 0 Å². The van der Waals surface area contributed by atoms with E-state index < -0.39 is 0 Å². The minimum absolute atomic E-state index is 0.177. The lowest BCUT2D eigenvalue weighted by Gasteiger charge is -2.16. The number of likely N-dealkylation sites (N-methyl/N-ethyl adjacent to an activating group) is 1. The molecule has 9 nitrogen and oxygen atoms in total. The van der Waals surface area contributed by atoms with Crippen molar-refractivity contribution in [2.45, 2.75) is 19.9 Å². The summed E-state index contributed by atoms with van der Waals surface area (Å²) in [5.41, 5.74) is 2.95. The average Bonchev–Trinajstić information content (AvgIpc) is 3.41. The van der Waals surface area contributed by atoms with Gasteiger partial charge in [-0.3, -0.25) is 4.79 Å². The number of ether oxygens (including phenoxy) is 1. The lowest BCUT2D eigenvalue weighted by molar-refractivity contribution is 0.0951. The van der Waals surface area contributed by atoms with E-state index in [2.05, 4.69) is 20.8 Å². The maximum atomic E-state index is 12.5. The standard InChI is InChI=1S/C28H29N5O4/c1-3-36-24-15-9-20(10-16-24)19-29-26(34)21-11-13-22(14-12-21)27-31-25(32-37-27)17-18-33(2)28(35)30-23-7-5-4-6-8-23/h4-16H,3,17-19H2,1-2H3,(H,29,34)(H,30,35). The van der Waals surface area contributed by atoms with Gasteiger partial charge < -0.3 is 24.8 Å². The van der Waals surface area contributed by atoms with Crippen LogP contribution in [0.4, 0.5) is 10.5 Å². The number of aromatic nitrogens is 2. The molecule has 0 radical (unpaired) electrons. The van der Waals surface area contributed by atoms with Gasteiger partial charge in [0, 0.05) is 43.4 Å². The van der Waals surface area contributed by atoms with Gasteiger partial charge in [0.25, 0.3) is 11.8 Å². The van der Waals surface area contributed by atoms with Gasteiger partial charge in [-0.25, -0.2) is 4.79 Å². The lowest BCUT2D eigenvalue weighted by Crippen LogP contribution is -2.33. The van der Waals surface area contributed by atoms with E-state index >= 15 is 0 Å². The fourth-order valence-electron chi connectivity index (χ4n) is 3.50. The second-order valence-electron chi connectivity index (χ2n) is 8.32. The van der Waals surface area contributed by atoms with Gasteiger partial charge in [0.15, 0.2) is 5.82 Å². The van der Waals surface area contributed by atoms with Crippen molar-refractivity contribution in [3.8, 4) is 17.2 Å². The highest BCUT2D eigenvalue weighted by atomic mass is 16.5. The molecule has 0 saturated carbocycles. The molecule has 0 bridgehead atoms. The first-order chi connectivity index (χ1) is 18.0. The Hall–Kier alpha value is -4.66. The first-order valence-electron chi connectivity index (χ1n) is 12.0. The monoisotopic (exact) mass is 499 g/mol. The molecule has 9 heteroatoms. The Morgan fingerprint density at radius 2 is 1.70 bits per heavy atom. The van der Waals surface area contributed by atoms with Crippen LogP contribution in [-0.4, -0.2) is 47.2 Å². The minimum atomic E-state index is -0.216. The third-order valence-electron chi connectivity index (χ3n) is 5.59. The fourth-order valence-corrected chi connectivity index (χ4v) is 3.50. The van der Waals surface area contributed by atoms with Crippen molar-refractivity contribution in [1.29, 1.82) is 0 Å². The quantitative estimate of drug-likeness (QED) is 0.325. The Kier molecular flexibility index (Phi) is 8.49. The van der Waals surface area contributed by atoms with Gasteiger partial charge in [0.2, 0.25) is 0 Å². The van der Waals surface area contributed by atoms with E-state index in [0.29, 0.717) is 49.0 Å². The highest BCUT2D eigenvalue weighted by Crippen LogP contribution is 2.18. The summed E-state index contributed by atoms with van der Waals surface area (Å²) in [4.78, 5) is 30.8. The predicted octanol–water partition coefficient (Wildman–Crippen LogP) is 4.77. The van der Waals surface area contributed by atoms with Crippen LogP contribution in [0.15, 0.2) is 83.4 Å². The molecule has 1 aromatic heterocycles. The van der Waals surface area contributed by atoms with E-state index in [1.807, 2.05) is 61.5 Å². The fraction of sp³-hybridized carbons (Fsp3) is 0.214. The highest BCUT2D eigenvalue weighted by molar-refractivity contribution is 5.94. The van der Waals surface area contributed by atoms with Gasteiger partial charge in [0.05, 0.1) is 6.61 Å². The number of benzene rings is 3. The van der Waals surface area contributed by atoms with Crippen LogP contribution < -0.4 is 15.4 Å². The van der Waals surface area contributed by atoms with Crippen LogP contribution in [-0.2, 0) is 13.0 Å². The normalized spacial score (nSPS) is 10.5. The summed E-state index contributed by atoms with van der Waals surface area (Å²) in [5, 5.41) is 9.76. The summed E-state index contributed by atoms with van der Waals surface area (Å²) in [5.74, 6) is 1.47. The molecule has 3 aromatic carbocycles. The first-order valence-corrected chi connectivity index (χ1v) is 12.0. The van der Waals surface area contributed by atoms with Gasteiger partial charge in [0.1, 0.15) is 5.75 Å². The van der Waals surface area contributed by atoms with Crippen molar-refractivity contribution < 1.29 is 18.8 Å². The van der Waals surface area contributed by atoms with Crippen LogP contribution in [0.1, 0.15) is 28.7 Å². The van der Waals surface area contributed by atoms with Crippen molar-refractivity contribution in [1.82, 2.24) is 20.4 Å². The zero-order valence-corrected chi connectivity index (χ0v) is 20.8. The number of nitrogens with one attached hydrogen (secondary N) is 2. The molecular weight excluding hydrogens is 470 g/mol. The molecule has 2 N–H and O–H groups in total. The summed E-state index contributed by atoms with van der Waals surface area (Å²) in [6, 6.07) is 23.6. The van der Waals surface area contributed by atoms with Gasteiger partial charge >= 0.3 is 6.03 Å². The molecule has 190 valence electrons. The maximum absolute atomic E-state index is 12.5. The van der Waals surface area contributed by atoms with E-state index in [1.165, 1.54) is 0 Å². The zero-order chi connectivity index (χ0) is 26.0. The predicted molar refractivity (Wildman–Crippen MR) is 140 cm³/mol. The Morgan fingerprint density at radius 1 is 0.973 bits per heavy atom. The topological polar surface area (TPSA) is 110 Å². The number of hydrogen-bond acceptors (Lipinski definition) is 6. The molecule has 4 aromatic rings. The number of carbonyl (C=O) groups is 2. The van der Waals surface area contributed by atoms with Crippen molar-refractivity contribution in [3.63, 3.8) is 0 Å². The number of rotatable bonds is 10. The lowest BCUT2D eigenvalue weighted by atomic mass is 10.1. The van der Waals surface area contributed by atoms with Gasteiger partial charge in [-0.15, -0.1) is 0 Å². The van der Waals surface area contributed by atoms with Crippen LogP contribution in [0, 0.1) is 0 Å². The van der Waals surface area contributed by atoms with E-state index in [0.717, 1.165) is 17.0 Å². The number of carbonyl (C=O) groups excluding carboxylic acids is 2. The van der Waals surface area contributed by atoms with Crippen molar-refractivity contribution in [2.75, 3.05) is 25.5 Å². The number of anilines is 1. The number of para-hydroxylation sites is 1. The van der Waals surface area contributed by atoms with Crippen molar-refractivity contribution >= 4 is 17.6 Å². The Morgan fingerprint density at radius 3 is 2.41 bits per heavy atom. The Balaban J connectivity index is 1.26. The number of nitrogens with zero attached hydrogens (tertiary/aromatic N) is 3. The minimum Gasteiger partial charge on any atom is -0.494 e. The van der Waals surface area contributed by atoms with Gasteiger partial charge in [-0.2, -0.15) is 4.98 Å². The summed E-state index contributed by atoms with van der Waals surface area (Å²) >= 11 is 0. The smallest absolute Gasteiger partial charge is 0.321 e. The SMILES string of the molecule is CCOc1ccc(CNC(=O)c2ccc(-c3nc(CCN(C)C(=O)Nc4ccccc4)no3)cc2)cc1. The third-order valence-corrected chi connectivity index (χ3v) is 5.59. The zero-order valence-electron chi connectivity index (χ0n) is 20.8. The largest absolute Gasteiger partial charge is 0.494 e. The van der Waals surface area contributed by atoms with Crippen LogP contribution in [0.5, 0.6) is 5.75 Å². The molecule has 37 heavy (non-hydrogen) atoms. The van der Waals surface area contributed by atoms with Crippen molar-refractivity contribution in [2.24, 2.45) is 0 Å². The molecule has 0 atom stereocenters. The molecule has 4 rings (SSSR count). The molecule has 0 aliphatic rings. The molecule has 0 aliphatic carbocycles. The first kappa shape index (κ1) is 25.4. The molecular formula is C28H29N5O4. The molecule has 0 spiro atoms. The molecule has 0 fully saturated rings. The van der Waals surface area contributed by atoms with E-state index in [4.69, 9.17) is 9.26 Å². The van der Waals surface area contributed by atoms with Crippen molar-refractivity contribution in [3.05, 3.63) is 95.8 Å².